The third-order valence-corrected chi connectivity index (χ3v) is 5.31. The molecule has 5 nitrogen and oxygen atoms in total. The van der Waals surface area contributed by atoms with Crippen molar-refractivity contribution in [1.82, 2.24) is 15.1 Å². The van der Waals surface area contributed by atoms with E-state index < -0.39 is 0 Å². The number of benzene rings is 1. The summed E-state index contributed by atoms with van der Waals surface area (Å²) in [5.41, 5.74) is 3.70. The molecule has 0 atom stereocenters. The van der Waals surface area contributed by atoms with E-state index in [9.17, 15) is 9.59 Å². The quantitative estimate of drug-likeness (QED) is 0.879. The summed E-state index contributed by atoms with van der Waals surface area (Å²) >= 11 is 1.55. The molecule has 1 N–H and O–H groups in total. The van der Waals surface area contributed by atoms with Crippen LogP contribution in [0.15, 0.2) is 35.0 Å². The molecule has 6 heteroatoms. The fourth-order valence-corrected chi connectivity index (χ4v) is 3.91. The number of rotatable bonds is 5. The van der Waals surface area contributed by atoms with Crippen LogP contribution in [0.25, 0.3) is 0 Å². The number of aryl methyl sites for hydroxylation is 2. The van der Waals surface area contributed by atoms with Gasteiger partial charge in [0, 0.05) is 50.2 Å². The number of hydrogen-bond acceptors (Lipinski definition) is 4. The maximum Gasteiger partial charge on any atom is 0.254 e. The Hall–Kier alpha value is -2.18. The average molecular weight is 372 g/mol. The Labute approximate surface area is 158 Å². The summed E-state index contributed by atoms with van der Waals surface area (Å²) in [4.78, 5) is 28.8. The second-order valence-corrected chi connectivity index (χ2v) is 7.56. The Bertz CT molecular complexity index is 745. The maximum absolute atomic E-state index is 12.3. The first-order valence-electron chi connectivity index (χ1n) is 8.93. The molecule has 2 aromatic rings. The van der Waals surface area contributed by atoms with Crippen LogP contribution in [-0.4, -0.2) is 60.9 Å². The standard InChI is InChI=1S/C20H25N3O2S/c1-15-11-16(2)13-18(12-15)19(24)21-4-5-22-6-8-23(9-7-22)20(25)17-3-10-26-14-17/h3,10-14H,4-9H2,1-2H3,(H,21,24). The highest BCUT2D eigenvalue weighted by molar-refractivity contribution is 7.08. The number of carbonyl (C=O) groups excluding carboxylic acids is 2. The first-order chi connectivity index (χ1) is 12.5. The van der Waals surface area contributed by atoms with Gasteiger partial charge in [0.2, 0.25) is 0 Å². The number of nitrogens with zero attached hydrogens (tertiary/aromatic N) is 2. The molecule has 1 aliphatic heterocycles. The van der Waals surface area contributed by atoms with Crippen molar-refractivity contribution in [2.75, 3.05) is 39.3 Å². The van der Waals surface area contributed by atoms with Crippen LogP contribution in [0.4, 0.5) is 0 Å². The van der Waals surface area contributed by atoms with Crippen molar-refractivity contribution in [1.29, 1.82) is 0 Å². The van der Waals surface area contributed by atoms with Gasteiger partial charge < -0.3 is 10.2 Å². The third-order valence-electron chi connectivity index (χ3n) is 4.63. The van der Waals surface area contributed by atoms with Crippen molar-refractivity contribution < 1.29 is 9.59 Å². The van der Waals surface area contributed by atoms with Crippen LogP contribution < -0.4 is 5.32 Å². The molecular weight excluding hydrogens is 346 g/mol. The summed E-state index contributed by atoms with van der Waals surface area (Å²) in [7, 11) is 0. The number of carbonyl (C=O) groups is 2. The molecular formula is C20H25N3O2S. The fraction of sp³-hybridized carbons (Fsp3) is 0.400. The van der Waals surface area contributed by atoms with E-state index in [2.05, 4.69) is 16.3 Å². The summed E-state index contributed by atoms with van der Waals surface area (Å²) in [6.07, 6.45) is 0. The lowest BCUT2D eigenvalue weighted by Crippen LogP contribution is -2.50. The van der Waals surface area contributed by atoms with Gasteiger partial charge in [0.05, 0.1) is 5.56 Å². The van der Waals surface area contributed by atoms with Gasteiger partial charge in [0.15, 0.2) is 0 Å². The summed E-state index contributed by atoms with van der Waals surface area (Å²) in [5, 5.41) is 6.83. The molecule has 3 rings (SSSR count). The molecule has 26 heavy (non-hydrogen) atoms. The summed E-state index contributed by atoms with van der Waals surface area (Å²) in [6, 6.07) is 7.77. The zero-order valence-electron chi connectivity index (χ0n) is 15.3. The number of amides is 2. The van der Waals surface area contributed by atoms with E-state index >= 15 is 0 Å². The lowest BCUT2D eigenvalue weighted by atomic mass is 10.1. The van der Waals surface area contributed by atoms with Gasteiger partial charge in [-0.2, -0.15) is 11.3 Å². The minimum Gasteiger partial charge on any atom is -0.351 e. The number of thiophene rings is 1. The Balaban J connectivity index is 1.41. The van der Waals surface area contributed by atoms with E-state index in [-0.39, 0.29) is 11.8 Å². The largest absolute Gasteiger partial charge is 0.351 e. The molecule has 1 aliphatic rings. The normalized spacial score (nSPS) is 15.1. The van der Waals surface area contributed by atoms with Gasteiger partial charge in [0.25, 0.3) is 11.8 Å². The van der Waals surface area contributed by atoms with E-state index in [4.69, 9.17) is 0 Å². The van der Waals surface area contributed by atoms with E-state index in [1.807, 2.05) is 47.7 Å². The van der Waals surface area contributed by atoms with Crippen LogP contribution >= 0.6 is 11.3 Å². The molecule has 0 unspecified atom stereocenters. The molecule has 1 aromatic carbocycles. The first-order valence-corrected chi connectivity index (χ1v) is 9.87. The minimum atomic E-state index is -0.0249. The van der Waals surface area contributed by atoms with Gasteiger partial charge in [-0.05, 0) is 37.4 Å². The van der Waals surface area contributed by atoms with Gasteiger partial charge >= 0.3 is 0 Å². The van der Waals surface area contributed by atoms with Crippen molar-refractivity contribution in [2.45, 2.75) is 13.8 Å². The topological polar surface area (TPSA) is 52.7 Å². The molecule has 0 spiro atoms. The Morgan fingerprint density at radius 1 is 1.04 bits per heavy atom. The lowest BCUT2D eigenvalue weighted by Gasteiger charge is -2.34. The highest BCUT2D eigenvalue weighted by atomic mass is 32.1. The molecule has 0 bridgehead atoms. The predicted octanol–water partition coefficient (Wildman–Crippen LogP) is 2.55. The summed E-state index contributed by atoms with van der Waals surface area (Å²) < 4.78 is 0. The summed E-state index contributed by atoms with van der Waals surface area (Å²) in [5.74, 6) is 0.0945. The minimum absolute atomic E-state index is 0.0249. The second kappa shape index (κ2) is 8.47. The molecule has 1 aromatic heterocycles. The molecule has 1 saturated heterocycles. The predicted molar refractivity (Wildman–Crippen MR) is 105 cm³/mol. The van der Waals surface area contributed by atoms with E-state index in [1.165, 1.54) is 0 Å². The van der Waals surface area contributed by atoms with Crippen LogP contribution in [0, 0.1) is 13.8 Å². The van der Waals surface area contributed by atoms with Crippen molar-refractivity contribution in [3.8, 4) is 0 Å². The monoisotopic (exact) mass is 371 g/mol. The van der Waals surface area contributed by atoms with Gasteiger partial charge in [-0.25, -0.2) is 0 Å². The SMILES string of the molecule is Cc1cc(C)cc(C(=O)NCCN2CCN(C(=O)c3ccsc3)CC2)c1. The molecule has 1 fully saturated rings. The molecule has 0 radical (unpaired) electrons. The molecule has 0 aliphatic carbocycles. The van der Waals surface area contributed by atoms with Gasteiger partial charge in [-0.1, -0.05) is 17.2 Å². The van der Waals surface area contributed by atoms with Gasteiger partial charge in [0.1, 0.15) is 0 Å². The zero-order chi connectivity index (χ0) is 18.5. The maximum atomic E-state index is 12.3. The summed E-state index contributed by atoms with van der Waals surface area (Å²) in [6.45, 7) is 8.58. The zero-order valence-corrected chi connectivity index (χ0v) is 16.1. The van der Waals surface area contributed by atoms with Gasteiger partial charge in [-0.3, -0.25) is 14.5 Å². The average Bonchev–Trinajstić information content (AvgIpc) is 3.15. The number of hydrogen-bond donors (Lipinski definition) is 1. The second-order valence-electron chi connectivity index (χ2n) is 6.78. The van der Waals surface area contributed by atoms with Crippen LogP contribution in [0.1, 0.15) is 31.8 Å². The van der Waals surface area contributed by atoms with E-state index in [0.29, 0.717) is 12.1 Å². The van der Waals surface area contributed by atoms with Crippen molar-refractivity contribution in [2.24, 2.45) is 0 Å². The number of piperazine rings is 1. The van der Waals surface area contributed by atoms with Crippen LogP contribution in [-0.2, 0) is 0 Å². The van der Waals surface area contributed by atoms with Gasteiger partial charge in [-0.15, -0.1) is 0 Å². The molecule has 0 saturated carbocycles. The lowest BCUT2D eigenvalue weighted by molar-refractivity contribution is 0.0638. The van der Waals surface area contributed by atoms with E-state index in [1.54, 1.807) is 11.3 Å². The highest BCUT2D eigenvalue weighted by Crippen LogP contribution is 2.12. The first kappa shape index (κ1) is 18.6. The van der Waals surface area contributed by atoms with Crippen molar-refractivity contribution in [3.05, 3.63) is 57.3 Å². The Morgan fingerprint density at radius 3 is 2.35 bits per heavy atom. The molecule has 138 valence electrons. The highest BCUT2D eigenvalue weighted by Gasteiger charge is 2.22. The molecule has 2 heterocycles. The third kappa shape index (κ3) is 4.71. The van der Waals surface area contributed by atoms with Crippen molar-refractivity contribution >= 4 is 23.2 Å². The Morgan fingerprint density at radius 2 is 1.73 bits per heavy atom. The van der Waals surface area contributed by atoms with E-state index in [0.717, 1.165) is 49.4 Å². The number of nitrogens with one attached hydrogen (secondary N) is 1. The Kier molecular flexibility index (Phi) is 6.06. The fourth-order valence-electron chi connectivity index (χ4n) is 3.28. The van der Waals surface area contributed by atoms with Crippen LogP contribution in [0.3, 0.4) is 0 Å². The smallest absolute Gasteiger partial charge is 0.254 e. The van der Waals surface area contributed by atoms with Crippen molar-refractivity contribution in [3.63, 3.8) is 0 Å². The van der Waals surface area contributed by atoms with Crippen LogP contribution in [0.5, 0.6) is 0 Å². The molecule has 2 amide bonds. The van der Waals surface area contributed by atoms with Crippen LogP contribution in [0.2, 0.25) is 0 Å².